The molecule has 0 bridgehead atoms. The number of ether oxygens (including phenoxy) is 1. The summed E-state index contributed by atoms with van der Waals surface area (Å²) in [5.74, 6) is -0.414. The SMILES string of the molecule is Cc1ccc(S(=O)(=O)N(CC(=O)NCc2ccc(CN3CCOCC3)cc2)c2cccc(Cl)c2)cc1. The van der Waals surface area contributed by atoms with Gasteiger partial charge in [0, 0.05) is 31.2 Å². The van der Waals surface area contributed by atoms with Crippen molar-refractivity contribution in [2.45, 2.75) is 24.9 Å². The van der Waals surface area contributed by atoms with E-state index in [1.54, 1.807) is 42.5 Å². The van der Waals surface area contributed by atoms with Crippen LogP contribution in [-0.2, 0) is 32.6 Å². The quantitative estimate of drug-likeness (QED) is 0.455. The second-order valence-electron chi connectivity index (χ2n) is 8.79. The topological polar surface area (TPSA) is 79.0 Å². The van der Waals surface area contributed by atoms with Crippen LogP contribution in [0, 0.1) is 6.92 Å². The Bertz CT molecular complexity index is 1280. The van der Waals surface area contributed by atoms with Crippen molar-refractivity contribution in [1.29, 1.82) is 0 Å². The molecule has 1 aliphatic rings. The van der Waals surface area contributed by atoms with Crippen LogP contribution < -0.4 is 9.62 Å². The molecule has 1 amide bonds. The fourth-order valence-corrected chi connectivity index (χ4v) is 5.55. The zero-order valence-electron chi connectivity index (χ0n) is 20.2. The van der Waals surface area contributed by atoms with Crippen molar-refractivity contribution in [2.24, 2.45) is 0 Å². The number of rotatable bonds is 9. The number of hydrogen-bond donors (Lipinski definition) is 1. The lowest BCUT2D eigenvalue weighted by Crippen LogP contribution is -2.40. The number of benzene rings is 3. The average molecular weight is 528 g/mol. The summed E-state index contributed by atoms with van der Waals surface area (Å²) in [5.41, 5.74) is 3.40. The first-order valence-corrected chi connectivity index (χ1v) is 13.6. The molecule has 0 aliphatic carbocycles. The summed E-state index contributed by atoms with van der Waals surface area (Å²) in [6, 6.07) is 21.1. The van der Waals surface area contributed by atoms with Crippen LogP contribution in [0.25, 0.3) is 0 Å². The van der Waals surface area contributed by atoms with Crippen LogP contribution >= 0.6 is 11.6 Å². The number of carbonyl (C=O) groups is 1. The van der Waals surface area contributed by atoms with Crippen LogP contribution in [-0.4, -0.2) is 52.1 Å². The molecular weight excluding hydrogens is 498 g/mol. The van der Waals surface area contributed by atoms with Gasteiger partial charge in [0.05, 0.1) is 23.8 Å². The molecular formula is C27H30ClN3O4S. The zero-order chi connectivity index (χ0) is 25.5. The fourth-order valence-electron chi connectivity index (χ4n) is 3.95. The van der Waals surface area contributed by atoms with Gasteiger partial charge in [-0.25, -0.2) is 8.42 Å². The van der Waals surface area contributed by atoms with Crippen molar-refractivity contribution in [2.75, 3.05) is 37.2 Å². The molecule has 4 rings (SSSR count). The summed E-state index contributed by atoms with van der Waals surface area (Å²) < 4.78 is 33.4. The van der Waals surface area contributed by atoms with E-state index in [2.05, 4.69) is 22.3 Å². The van der Waals surface area contributed by atoms with Crippen LogP contribution in [0.3, 0.4) is 0 Å². The molecule has 0 aromatic heterocycles. The van der Waals surface area contributed by atoms with Gasteiger partial charge in [0.25, 0.3) is 10.0 Å². The van der Waals surface area contributed by atoms with Crippen molar-refractivity contribution in [1.82, 2.24) is 10.2 Å². The van der Waals surface area contributed by atoms with Gasteiger partial charge in [-0.2, -0.15) is 0 Å². The summed E-state index contributed by atoms with van der Waals surface area (Å²) in [5, 5.41) is 3.23. The Hall–Kier alpha value is -2.91. The smallest absolute Gasteiger partial charge is 0.264 e. The molecule has 1 N–H and O–H groups in total. The van der Waals surface area contributed by atoms with Crippen LogP contribution in [0.4, 0.5) is 5.69 Å². The van der Waals surface area contributed by atoms with E-state index in [0.29, 0.717) is 17.3 Å². The lowest BCUT2D eigenvalue weighted by Gasteiger charge is -2.26. The molecule has 7 nitrogen and oxygen atoms in total. The van der Waals surface area contributed by atoms with E-state index in [4.69, 9.17) is 16.3 Å². The van der Waals surface area contributed by atoms with Gasteiger partial charge in [0.2, 0.25) is 5.91 Å². The first-order chi connectivity index (χ1) is 17.3. The molecule has 190 valence electrons. The lowest BCUT2D eigenvalue weighted by molar-refractivity contribution is -0.119. The summed E-state index contributed by atoms with van der Waals surface area (Å²) in [4.78, 5) is 15.3. The highest BCUT2D eigenvalue weighted by molar-refractivity contribution is 7.92. The Labute approximate surface area is 217 Å². The summed E-state index contributed by atoms with van der Waals surface area (Å²) in [6.07, 6.45) is 0. The van der Waals surface area contributed by atoms with Crippen LogP contribution in [0.5, 0.6) is 0 Å². The Morgan fingerprint density at radius 1 is 1.00 bits per heavy atom. The van der Waals surface area contributed by atoms with E-state index in [-0.39, 0.29) is 11.4 Å². The molecule has 1 aliphatic heterocycles. The number of aryl methyl sites for hydroxylation is 1. The van der Waals surface area contributed by atoms with E-state index in [1.165, 1.54) is 11.6 Å². The highest BCUT2D eigenvalue weighted by Gasteiger charge is 2.27. The molecule has 36 heavy (non-hydrogen) atoms. The first kappa shape index (κ1) is 26.2. The van der Waals surface area contributed by atoms with Crippen molar-refractivity contribution in [3.8, 4) is 0 Å². The standard InChI is InChI=1S/C27H30ClN3O4S/c1-21-5-11-26(12-6-21)36(33,34)31(25-4-2-3-24(28)17-25)20-27(32)29-18-22-7-9-23(10-8-22)19-30-13-15-35-16-14-30/h2-12,17H,13-16,18-20H2,1H3,(H,29,32). The van der Waals surface area contributed by atoms with Crippen LogP contribution in [0.1, 0.15) is 16.7 Å². The largest absolute Gasteiger partial charge is 0.379 e. The number of morpholine rings is 1. The van der Waals surface area contributed by atoms with Crippen molar-refractivity contribution in [3.63, 3.8) is 0 Å². The van der Waals surface area contributed by atoms with Gasteiger partial charge >= 0.3 is 0 Å². The molecule has 3 aromatic carbocycles. The number of halogens is 1. The van der Waals surface area contributed by atoms with Gasteiger partial charge < -0.3 is 10.1 Å². The van der Waals surface area contributed by atoms with Crippen LogP contribution in [0.2, 0.25) is 5.02 Å². The predicted molar refractivity (Wildman–Crippen MR) is 142 cm³/mol. The van der Waals surface area contributed by atoms with Crippen molar-refractivity contribution in [3.05, 3.63) is 94.5 Å². The molecule has 0 unspecified atom stereocenters. The molecule has 0 radical (unpaired) electrons. The second kappa shape index (κ2) is 11.9. The monoisotopic (exact) mass is 527 g/mol. The Morgan fingerprint density at radius 3 is 2.33 bits per heavy atom. The number of nitrogens with zero attached hydrogens (tertiary/aromatic N) is 2. The third kappa shape index (κ3) is 6.85. The minimum absolute atomic E-state index is 0.108. The van der Waals surface area contributed by atoms with Gasteiger partial charge in [-0.15, -0.1) is 0 Å². The average Bonchev–Trinajstić information content (AvgIpc) is 2.87. The molecule has 1 fully saturated rings. The highest BCUT2D eigenvalue weighted by atomic mass is 35.5. The van der Waals surface area contributed by atoms with E-state index in [9.17, 15) is 13.2 Å². The summed E-state index contributed by atoms with van der Waals surface area (Å²) in [6.45, 7) is 6.04. The Morgan fingerprint density at radius 2 is 1.67 bits per heavy atom. The minimum atomic E-state index is -3.99. The fraction of sp³-hybridized carbons (Fsp3) is 0.296. The molecule has 0 atom stereocenters. The number of nitrogens with one attached hydrogen (secondary N) is 1. The minimum Gasteiger partial charge on any atom is -0.379 e. The molecule has 1 saturated heterocycles. The molecule has 1 heterocycles. The molecule has 0 saturated carbocycles. The highest BCUT2D eigenvalue weighted by Crippen LogP contribution is 2.26. The third-order valence-electron chi connectivity index (χ3n) is 6.01. The maximum absolute atomic E-state index is 13.5. The van der Waals surface area contributed by atoms with Crippen molar-refractivity contribution >= 4 is 33.2 Å². The van der Waals surface area contributed by atoms with Crippen LogP contribution in [0.15, 0.2) is 77.7 Å². The third-order valence-corrected chi connectivity index (χ3v) is 8.04. The normalized spacial score (nSPS) is 14.4. The van der Waals surface area contributed by atoms with E-state index >= 15 is 0 Å². The predicted octanol–water partition coefficient (Wildman–Crippen LogP) is 3.99. The number of hydrogen-bond acceptors (Lipinski definition) is 5. The number of sulfonamides is 1. The molecule has 9 heteroatoms. The Kier molecular flexibility index (Phi) is 8.64. The lowest BCUT2D eigenvalue weighted by atomic mass is 10.1. The zero-order valence-corrected chi connectivity index (χ0v) is 21.8. The number of amides is 1. The number of carbonyl (C=O) groups excluding carboxylic acids is 1. The summed E-state index contributed by atoms with van der Waals surface area (Å²) in [7, 11) is -3.99. The van der Waals surface area contributed by atoms with Crippen molar-refractivity contribution < 1.29 is 17.9 Å². The Balaban J connectivity index is 1.43. The second-order valence-corrected chi connectivity index (χ2v) is 11.1. The number of anilines is 1. The van der Waals surface area contributed by atoms with Gasteiger partial charge in [-0.1, -0.05) is 59.6 Å². The maximum Gasteiger partial charge on any atom is 0.264 e. The summed E-state index contributed by atoms with van der Waals surface area (Å²) >= 11 is 6.13. The van der Waals surface area contributed by atoms with E-state index < -0.39 is 15.9 Å². The van der Waals surface area contributed by atoms with Gasteiger partial charge in [0.15, 0.2) is 0 Å². The van der Waals surface area contributed by atoms with E-state index in [1.807, 2.05) is 19.1 Å². The molecule has 3 aromatic rings. The van der Waals surface area contributed by atoms with E-state index in [0.717, 1.165) is 48.3 Å². The van der Waals surface area contributed by atoms with Gasteiger partial charge in [-0.3, -0.25) is 14.0 Å². The first-order valence-electron chi connectivity index (χ1n) is 11.8. The van der Waals surface area contributed by atoms with Gasteiger partial charge in [-0.05, 0) is 48.4 Å². The molecule has 0 spiro atoms. The maximum atomic E-state index is 13.5. The van der Waals surface area contributed by atoms with Gasteiger partial charge in [0.1, 0.15) is 6.54 Å².